The number of aliphatic carboxylic acids is 1. The van der Waals surface area contributed by atoms with Crippen LogP contribution in [-0.4, -0.2) is 30.3 Å². The van der Waals surface area contributed by atoms with Crippen molar-refractivity contribution in [2.75, 3.05) is 7.11 Å². The molecule has 1 aliphatic rings. The number of alkyl halides is 3. The Morgan fingerprint density at radius 1 is 1.30 bits per heavy atom. The van der Waals surface area contributed by atoms with Gasteiger partial charge in [0, 0.05) is 5.92 Å². The molecule has 5 nitrogen and oxygen atoms in total. The zero-order valence-electron chi connectivity index (χ0n) is 15.3. The van der Waals surface area contributed by atoms with Crippen molar-refractivity contribution in [2.45, 2.75) is 50.7 Å². The molecule has 3 unspecified atom stereocenters. The van der Waals surface area contributed by atoms with Gasteiger partial charge in [0.05, 0.1) is 25.0 Å². The standard InChI is InChI=1S/C19H24F3NO4/c1-18(11-16(24)25,13-6-4-8-15(10-13)27-2)23-17(26)12-5-3-7-14(9-12)19(20,21)22/h4,6,8,10,12,14H,3,5,7,9,11H2,1-2H3,(H,23,26)(H,24,25). The van der Waals surface area contributed by atoms with Gasteiger partial charge in [-0.2, -0.15) is 13.2 Å². The second kappa shape index (κ2) is 8.19. The molecule has 2 N–H and O–H groups in total. The van der Waals surface area contributed by atoms with Crippen molar-refractivity contribution in [3.63, 3.8) is 0 Å². The van der Waals surface area contributed by atoms with Crippen LogP contribution in [0.5, 0.6) is 5.75 Å². The highest BCUT2D eigenvalue weighted by atomic mass is 19.4. The summed E-state index contributed by atoms with van der Waals surface area (Å²) in [6, 6.07) is 6.62. The SMILES string of the molecule is COc1cccc(C(C)(CC(=O)O)NC(=O)C2CCCC(C(F)(F)F)C2)c1. The highest BCUT2D eigenvalue weighted by Gasteiger charge is 2.44. The van der Waals surface area contributed by atoms with Gasteiger partial charge in [0.25, 0.3) is 0 Å². The van der Waals surface area contributed by atoms with Gasteiger partial charge in [0.2, 0.25) is 5.91 Å². The van der Waals surface area contributed by atoms with E-state index in [1.54, 1.807) is 31.2 Å². The molecule has 0 radical (unpaired) electrons. The first kappa shape index (κ1) is 21.1. The number of methoxy groups -OCH3 is 1. The maximum atomic E-state index is 13.0. The fourth-order valence-electron chi connectivity index (χ4n) is 3.59. The van der Waals surface area contributed by atoms with E-state index >= 15 is 0 Å². The van der Waals surface area contributed by atoms with Crippen molar-refractivity contribution in [2.24, 2.45) is 11.8 Å². The zero-order valence-corrected chi connectivity index (χ0v) is 15.3. The van der Waals surface area contributed by atoms with Crippen molar-refractivity contribution in [3.05, 3.63) is 29.8 Å². The van der Waals surface area contributed by atoms with Crippen LogP contribution in [0.2, 0.25) is 0 Å². The minimum absolute atomic E-state index is 0.0234. The van der Waals surface area contributed by atoms with Crippen LogP contribution in [0.4, 0.5) is 13.2 Å². The van der Waals surface area contributed by atoms with Crippen molar-refractivity contribution in [1.82, 2.24) is 5.32 Å². The molecular formula is C19H24F3NO4. The van der Waals surface area contributed by atoms with Crippen LogP contribution in [0.3, 0.4) is 0 Å². The van der Waals surface area contributed by atoms with Gasteiger partial charge < -0.3 is 15.2 Å². The quantitative estimate of drug-likeness (QED) is 0.777. The first-order chi connectivity index (χ1) is 12.5. The Bertz CT molecular complexity index is 692. The fourth-order valence-corrected chi connectivity index (χ4v) is 3.59. The van der Waals surface area contributed by atoms with Crippen LogP contribution >= 0.6 is 0 Å². The van der Waals surface area contributed by atoms with Crippen LogP contribution in [-0.2, 0) is 15.1 Å². The van der Waals surface area contributed by atoms with Crippen LogP contribution in [0.25, 0.3) is 0 Å². The van der Waals surface area contributed by atoms with Gasteiger partial charge in [0.1, 0.15) is 5.75 Å². The lowest BCUT2D eigenvalue weighted by Gasteiger charge is -2.35. The molecule has 3 atom stereocenters. The molecule has 0 bridgehead atoms. The molecule has 0 aromatic heterocycles. The summed E-state index contributed by atoms with van der Waals surface area (Å²) < 4.78 is 44.2. The van der Waals surface area contributed by atoms with Crippen molar-refractivity contribution in [1.29, 1.82) is 0 Å². The predicted octanol–water partition coefficient (Wildman–Crippen LogP) is 3.87. The summed E-state index contributed by atoms with van der Waals surface area (Å²) in [5.41, 5.74) is -0.747. The third-order valence-electron chi connectivity index (χ3n) is 5.12. The van der Waals surface area contributed by atoms with E-state index in [0.29, 0.717) is 24.2 Å². The Morgan fingerprint density at radius 2 is 2.00 bits per heavy atom. The number of amides is 1. The summed E-state index contributed by atoms with van der Waals surface area (Å²) in [4.78, 5) is 24.0. The third kappa shape index (κ3) is 5.37. The lowest BCUT2D eigenvalue weighted by molar-refractivity contribution is -0.186. The largest absolute Gasteiger partial charge is 0.497 e. The monoisotopic (exact) mass is 387 g/mol. The second-order valence-corrected chi connectivity index (χ2v) is 7.23. The van der Waals surface area contributed by atoms with E-state index in [9.17, 15) is 27.9 Å². The molecule has 1 amide bonds. The van der Waals surface area contributed by atoms with Gasteiger partial charge in [-0.15, -0.1) is 0 Å². The van der Waals surface area contributed by atoms with E-state index in [0.717, 1.165) is 0 Å². The summed E-state index contributed by atoms with van der Waals surface area (Å²) >= 11 is 0. The van der Waals surface area contributed by atoms with Gasteiger partial charge in [-0.05, 0) is 43.9 Å². The van der Waals surface area contributed by atoms with Crippen LogP contribution < -0.4 is 10.1 Å². The van der Waals surface area contributed by atoms with Crippen molar-refractivity contribution in [3.8, 4) is 5.75 Å². The number of ether oxygens (including phenoxy) is 1. The van der Waals surface area contributed by atoms with Crippen molar-refractivity contribution < 1.29 is 32.6 Å². The number of carbonyl (C=O) groups is 2. The lowest BCUT2D eigenvalue weighted by atomic mass is 9.79. The molecule has 0 heterocycles. The van der Waals surface area contributed by atoms with Crippen LogP contribution in [0.1, 0.15) is 44.6 Å². The number of hydrogen-bond donors (Lipinski definition) is 2. The highest BCUT2D eigenvalue weighted by molar-refractivity contribution is 5.81. The molecule has 1 fully saturated rings. The zero-order chi connectivity index (χ0) is 20.2. The smallest absolute Gasteiger partial charge is 0.391 e. The number of benzene rings is 1. The average molecular weight is 387 g/mol. The van der Waals surface area contributed by atoms with Gasteiger partial charge >= 0.3 is 12.1 Å². The topological polar surface area (TPSA) is 75.6 Å². The molecule has 2 rings (SSSR count). The first-order valence-electron chi connectivity index (χ1n) is 8.80. The van der Waals surface area contributed by atoms with E-state index in [1.807, 2.05) is 0 Å². The molecule has 0 saturated heterocycles. The highest BCUT2D eigenvalue weighted by Crippen LogP contribution is 2.40. The summed E-state index contributed by atoms with van der Waals surface area (Å²) in [6.07, 6.45) is -4.29. The Balaban J connectivity index is 2.22. The van der Waals surface area contributed by atoms with E-state index in [1.165, 1.54) is 7.11 Å². The number of carboxylic acid groups (broad SMARTS) is 1. The van der Waals surface area contributed by atoms with Gasteiger partial charge in [-0.25, -0.2) is 0 Å². The summed E-state index contributed by atoms with van der Waals surface area (Å²) in [6.45, 7) is 1.55. The summed E-state index contributed by atoms with van der Waals surface area (Å²) in [5, 5.41) is 12.0. The summed E-state index contributed by atoms with van der Waals surface area (Å²) in [5.74, 6) is -3.46. The van der Waals surface area contributed by atoms with Crippen LogP contribution in [0, 0.1) is 11.8 Å². The van der Waals surface area contributed by atoms with Crippen molar-refractivity contribution >= 4 is 11.9 Å². The van der Waals surface area contributed by atoms with E-state index in [4.69, 9.17) is 4.74 Å². The van der Waals surface area contributed by atoms with Gasteiger partial charge in [-0.1, -0.05) is 18.6 Å². The molecule has 27 heavy (non-hydrogen) atoms. The van der Waals surface area contributed by atoms with E-state index in [-0.39, 0.29) is 12.8 Å². The number of hydrogen-bond acceptors (Lipinski definition) is 3. The molecule has 8 heteroatoms. The molecule has 0 spiro atoms. The molecule has 0 aliphatic heterocycles. The molecule has 1 saturated carbocycles. The molecule has 1 aromatic rings. The maximum Gasteiger partial charge on any atom is 0.391 e. The molecular weight excluding hydrogens is 363 g/mol. The van der Waals surface area contributed by atoms with Crippen LogP contribution in [0.15, 0.2) is 24.3 Å². The van der Waals surface area contributed by atoms with Gasteiger partial charge in [-0.3, -0.25) is 9.59 Å². The second-order valence-electron chi connectivity index (χ2n) is 7.23. The normalized spacial score (nSPS) is 22.6. The maximum absolute atomic E-state index is 13.0. The minimum atomic E-state index is -4.32. The van der Waals surface area contributed by atoms with E-state index in [2.05, 4.69) is 5.32 Å². The lowest BCUT2D eigenvalue weighted by Crippen LogP contribution is -2.48. The first-order valence-corrected chi connectivity index (χ1v) is 8.80. The molecule has 150 valence electrons. The number of rotatable bonds is 6. The number of halogens is 3. The number of carboxylic acids is 1. The van der Waals surface area contributed by atoms with Gasteiger partial charge in [0.15, 0.2) is 0 Å². The Labute approximate surface area is 155 Å². The third-order valence-corrected chi connectivity index (χ3v) is 5.12. The average Bonchev–Trinajstić information content (AvgIpc) is 2.60. The Kier molecular flexibility index (Phi) is 6.38. The molecule has 1 aliphatic carbocycles. The van der Waals surface area contributed by atoms with E-state index < -0.39 is 41.8 Å². The summed E-state index contributed by atoms with van der Waals surface area (Å²) in [7, 11) is 1.46. The Morgan fingerprint density at radius 3 is 2.59 bits per heavy atom. The predicted molar refractivity (Wildman–Crippen MR) is 92.2 cm³/mol. The minimum Gasteiger partial charge on any atom is -0.497 e. The number of nitrogens with one attached hydrogen (secondary N) is 1. The Hall–Kier alpha value is -2.25. The number of carbonyl (C=O) groups excluding carboxylic acids is 1. The molecule has 1 aromatic carbocycles. The fraction of sp³-hybridized carbons (Fsp3) is 0.579.